The van der Waals surface area contributed by atoms with Crippen LogP contribution < -0.4 is 0 Å². The largest absolute Gasteiger partial charge is 0.339 e. The summed E-state index contributed by atoms with van der Waals surface area (Å²) in [6.07, 6.45) is 7.09. The van der Waals surface area contributed by atoms with Gasteiger partial charge >= 0.3 is 0 Å². The maximum atomic E-state index is 11.4. The van der Waals surface area contributed by atoms with Gasteiger partial charge in [-0.3, -0.25) is 4.79 Å². The van der Waals surface area contributed by atoms with E-state index in [9.17, 15) is 4.79 Å². The first-order valence-corrected chi connectivity index (χ1v) is 5.19. The summed E-state index contributed by atoms with van der Waals surface area (Å²) in [5, 5.41) is 0. The van der Waals surface area contributed by atoms with Crippen LogP contribution in [0.2, 0.25) is 0 Å². The fourth-order valence-electron chi connectivity index (χ4n) is 1.81. The number of hydrogen-bond acceptors (Lipinski definition) is 1. The average Bonchev–Trinajstić information content (AvgIpc) is 2.18. The number of hydrogen-bond donors (Lipinski definition) is 0. The van der Waals surface area contributed by atoms with Crippen molar-refractivity contribution in [1.29, 1.82) is 0 Å². The summed E-state index contributed by atoms with van der Waals surface area (Å²) in [4.78, 5) is 13.4. The fourth-order valence-corrected chi connectivity index (χ4v) is 1.81. The van der Waals surface area contributed by atoms with E-state index in [1.165, 1.54) is 19.3 Å². The molecule has 13 heavy (non-hydrogen) atoms. The lowest BCUT2D eigenvalue weighted by Crippen LogP contribution is -2.37. The SMILES string of the molecule is C/C=C/C(=O)N1CCC(CC)CC1. The topological polar surface area (TPSA) is 20.3 Å². The van der Waals surface area contributed by atoms with Gasteiger partial charge < -0.3 is 4.90 Å². The molecule has 0 unspecified atom stereocenters. The predicted octanol–water partition coefficient (Wildman–Crippen LogP) is 2.21. The Morgan fingerprint density at radius 3 is 2.54 bits per heavy atom. The molecule has 0 spiro atoms. The Morgan fingerprint density at radius 1 is 1.46 bits per heavy atom. The molecule has 0 aromatic carbocycles. The number of rotatable bonds is 2. The van der Waals surface area contributed by atoms with E-state index in [2.05, 4.69) is 6.92 Å². The van der Waals surface area contributed by atoms with Crippen LogP contribution in [-0.2, 0) is 4.79 Å². The van der Waals surface area contributed by atoms with Crippen LogP contribution in [0.15, 0.2) is 12.2 Å². The van der Waals surface area contributed by atoms with Crippen LogP contribution in [0.25, 0.3) is 0 Å². The van der Waals surface area contributed by atoms with Crippen molar-refractivity contribution in [2.75, 3.05) is 13.1 Å². The molecular weight excluding hydrogens is 162 g/mol. The summed E-state index contributed by atoms with van der Waals surface area (Å²) in [5.74, 6) is 1.02. The van der Waals surface area contributed by atoms with E-state index in [1.807, 2.05) is 17.9 Å². The summed E-state index contributed by atoms with van der Waals surface area (Å²) in [6, 6.07) is 0. The van der Waals surface area contributed by atoms with Crippen molar-refractivity contribution in [1.82, 2.24) is 4.90 Å². The molecule has 1 saturated heterocycles. The van der Waals surface area contributed by atoms with Gasteiger partial charge in [0.2, 0.25) is 5.91 Å². The lowest BCUT2D eigenvalue weighted by Gasteiger charge is -2.30. The zero-order valence-corrected chi connectivity index (χ0v) is 8.62. The first kappa shape index (κ1) is 10.3. The van der Waals surface area contributed by atoms with Gasteiger partial charge in [-0.2, -0.15) is 0 Å². The van der Waals surface area contributed by atoms with Gasteiger partial charge in [-0.15, -0.1) is 0 Å². The number of carbonyl (C=O) groups excluding carboxylic acids is 1. The van der Waals surface area contributed by atoms with Crippen molar-refractivity contribution in [2.45, 2.75) is 33.1 Å². The maximum absolute atomic E-state index is 11.4. The lowest BCUT2D eigenvalue weighted by atomic mass is 9.94. The molecule has 0 N–H and O–H groups in total. The van der Waals surface area contributed by atoms with Gasteiger partial charge in [-0.1, -0.05) is 19.4 Å². The molecule has 0 aromatic rings. The summed E-state index contributed by atoms with van der Waals surface area (Å²) < 4.78 is 0. The highest BCUT2D eigenvalue weighted by Gasteiger charge is 2.19. The minimum atomic E-state index is 0.178. The maximum Gasteiger partial charge on any atom is 0.246 e. The predicted molar refractivity (Wildman–Crippen MR) is 54.4 cm³/mol. The van der Waals surface area contributed by atoms with Crippen molar-refractivity contribution in [2.24, 2.45) is 5.92 Å². The normalized spacial score (nSPS) is 19.7. The second kappa shape index (κ2) is 5.05. The molecular formula is C11H19NO. The van der Waals surface area contributed by atoms with Crippen molar-refractivity contribution >= 4 is 5.91 Å². The van der Waals surface area contributed by atoms with Crippen LogP contribution in [0.1, 0.15) is 33.1 Å². The van der Waals surface area contributed by atoms with Crippen molar-refractivity contribution in [3.05, 3.63) is 12.2 Å². The Balaban J connectivity index is 2.36. The van der Waals surface area contributed by atoms with Crippen molar-refractivity contribution in [3.63, 3.8) is 0 Å². The number of allylic oxidation sites excluding steroid dienone is 1. The molecule has 0 atom stereocenters. The number of nitrogens with zero attached hydrogens (tertiary/aromatic N) is 1. The highest BCUT2D eigenvalue weighted by atomic mass is 16.2. The Bertz CT molecular complexity index is 190. The Hall–Kier alpha value is -0.790. The number of piperidine rings is 1. The minimum Gasteiger partial charge on any atom is -0.339 e. The van der Waals surface area contributed by atoms with Crippen LogP contribution in [-0.4, -0.2) is 23.9 Å². The van der Waals surface area contributed by atoms with E-state index < -0.39 is 0 Å². The minimum absolute atomic E-state index is 0.178. The quantitative estimate of drug-likeness (QED) is 0.598. The molecule has 0 bridgehead atoms. The highest BCUT2D eigenvalue weighted by molar-refractivity contribution is 5.87. The second-order valence-corrected chi connectivity index (χ2v) is 3.68. The van der Waals surface area contributed by atoms with E-state index in [0.29, 0.717) is 0 Å². The van der Waals surface area contributed by atoms with E-state index >= 15 is 0 Å². The molecule has 1 fully saturated rings. The first-order valence-electron chi connectivity index (χ1n) is 5.19. The molecule has 1 aliphatic rings. The molecule has 0 aliphatic carbocycles. The smallest absolute Gasteiger partial charge is 0.246 e. The van der Waals surface area contributed by atoms with E-state index in [1.54, 1.807) is 6.08 Å². The summed E-state index contributed by atoms with van der Waals surface area (Å²) >= 11 is 0. The third-order valence-electron chi connectivity index (χ3n) is 2.81. The van der Waals surface area contributed by atoms with Gasteiger partial charge in [-0.25, -0.2) is 0 Å². The van der Waals surface area contributed by atoms with Crippen LogP contribution in [0.5, 0.6) is 0 Å². The van der Waals surface area contributed by atoms with Crippen molar-refractivity contribution < 1.29 is 4.79 Å². The Morgan fingerprint density at radius 2 is 2.08 bits per heavy atom. The van der Waals surface area contributed by atoms with E-state index in [-0.39, 0.29) is 5.91 Å². The molecule has 74 valence electrons. The van der Waals surface area contributed by atoms with E-state index in [4.69, 9.17) is 0 Å². The van der Waals surface area contributed by atoms with Crippen LogP contribution in [0, 0.1) is 5.92 Å². The van der Waals surface area contributed by atoms with Gasteiger partial charge in [0.25, 0.3) is 0 Å². The second-order valence-electron chi connectivity index (χ2n) is 3.68. The third-order valence-corrected chi connectivity index (χ3v) is 2.81. The zero-order chi connectivity index (χ0) is 9.68. The van der Waals surface area contributed by atoms with Crippen LogP contribution >= 0.6 is 0 Å². The number of carbonyl (C=O) groups is 1. The highest BCUT2D eigenvalue weighted by Crippen LogP contribution is 2.19. The molecule has 2 nitrogen and oxygen atoms in total. The van der Waals surface area contributed by atoms with Crippen molar-refractivity contribution in [3.8, 4) is 0 Å². The monoisotopic (exact) mass is 181 g/mol. The Labute approximate surface area is 80.6 Å². The Kier molecular flexibility index (Phi) is 4.00. The van der Waals surface area contributed by atoms with Gasteiger partial charge in [0.15, 0.2) is 0 Å². The fraction of sp³-hybridized carbons (Fsp3) is 0.727. The number of amides is 1. The molecule has 0 aromatic heterocycles. The van der Waals surface area contributed by atoms with E-state index in [0.717, 1.165) is 19.0 Å². The van der Waals surface area contributed by atoms with Gasteiger partial charge in [0.1, 0.15) is 0 Å². The van der Waals surface area contributed by atoms with Crippen LogP contribution in [0.3, 0.4) is 0 Å². The lowest BCUT2D eigenvalue weighted by molar-refractivity contribution is -0.127. The molecule has 0 saturated carbocycles. The third kappa shape index (κ3) is 2.87. The van der Waals surface area contributed by atoms with Crippen LogP contribution in [0.4, 0.5) is 0 Å². The molecule has 2 heteroatoms. The first-order chi connectivity index (χ1) is 6.27. The van der Waals surface area contributed by atoms with Gasteiger partial charge in [0, 0.05) is 13.1 Å². The average molecular weight is 181 g/mol. The van der Waals surface area contributed by atoms with Gasteiger partial charge in [-0.05, 0) is 31.8 Å². The molecule has 1 rings (SSSR count). The van der Waals surface area contributed by atoms with Gasteiger partial charge in [0.05, 0.1) is 0 Å². The molecule has 0 radical (unpaired) electrons. The standard InChI is InChI=1S/C11H19NO/c1-3-5-11(13)12-8-6-10(4-2)7-9-12/h3,5,10H,4,6-9H2,1-2H3/b5-3+. The summed E-state index contributed by atoms with van der Waals surface area (Å²) in [5.41, 5.74) is 0. The molecule has 1 aliphatic heterocycles. The molecule has 1 heterocycles. The number of likely N-dealkylation sites (tertiary alicyclic amines) is 1. The summed E-state index contributed by atoms with van der Waals surface area (Å²) in [7, 11) is 0. The molecule has 1 amide bonds. The zero-order valence-electron chi connectivity index (χ0n) is 8.62. The summed E-state index contributed by atoms with van der Waals surface area (Å²) in [6.45, 7) is 6.01.